The Morgan fingerprint density at radius 2 is 2.17 bits per heavy atom. The molecule has 18 heavy (non-hydrogen) atoms. The van der Waals surface area contributed by atoms with Gasteiger partial charge in [-0.05, 0) is 37.3 Å². The number of carbonyl (C=O) groups excluding carboxylic acids is 1. The third kappa shape index (κ3) is 2.61. The summed E-state index contributed by atoms with van der Waals surface area (Å²) in [5.41, 5.74) is 7.13. The van der Waals surface area contributed by atoms with Gasteiger partial charge in [0.25, 0.3) is 5.91 Å². The van der Waals surface area contributed by atoms with E-state index in [4.69, 9.17) is 10.9 Å². The highest BCUT2D eigenvalue weighted by atomic mass is 16.4. The molecule has 5 heteroatoms. The van der Waals surface area contributed by atoms with Crippen molar-refractivity contribution in [2.45, 2.75) is 25.8 Å². The Kier molecular flexibility index (Phi) is 3.50. The Bertz CT molecular complexity index is 481. The van der Waals surface area contributed by atoms with Crippen molar-refractivity contribution in [2.24, 2.45) is 16.8 Å². The maximum absolute atomic E-state index is 12.1. The predicted octanol–water partition coefficient (Wildman–Crippen LogP) is 1.25. The molecule has 1 aromatic rings. The van der Waals surface area contributed by atoms with Crippen molar-refractivity contribution in [1.29, 1.82) is 0 Å². The topological polar surface area (TPSA) is 87.7 Å². The first-order valence-corrected chi connectivity index (χ1v) is 5.97. The van der Waals surface area contributed by atoms with Gasteiger partial charge in [-0.2, -0.15) is 0 Å². The van der Waals surface area contributed by atoms with E-state index in [0.29, 0.717) is 5.56 Å². The Hall–Kier alpha value is -2.04. The quantitative estimate of drug-likeness (QED) is 0.324. The molecule has 1 saturated carbocycles. The van der Waals surface area contributed by atoms with Crippen LogP contribution in [0.2, 0.25) is 0 Å². The summed E-state index contributed by atoms with van der Waals surface area (Å²) in [6.07, 6.45) is 1.99. The second-order valence-electron chi connectivity index (χ2n) is 4.63. The molecule has 1 fully saturated rings. The van der Waals surface area contributed by atoms with Crippen LogP contribution in [0, 0.1) is 12.8 Å². The van der Waals surface area contributed by atoms with Gasteiger partial charge in [0.15, 0.2) is 5.84 Å². The molecule has 1 aliphatic rings. The number of amidine groups is 1. The van der Waals surface area contributed by atoms with Gasteiger partial charge >= 0.3 is 0 Å². The first-order valence-electron chi connectivity index (χ1n) is 5.97. The van der Waals surface area contributed by atoms with E-state index in [-0.39, 0.29) is 23.7 Å². The van der Waals surface area contributed by atoms with Crippen LogP contribution in [0.5, 0.6) is 0 Å². The van der Waals surface area contributed by atoms with Gasteiger partial charge in [-0.25, -0.2) is 0 Å². The average molecular weight is 247 g/mol. The largest absolute Gasteiger partial charge is 0.409 e. The van der Waals surface area contributed by atoms with Gasteiger partial charge in [0.05, 0.1) is 6.04 Å². The highest BCUT2D eigenvalue weighted by Gasteiger charge is 2.35. The average Bonchev–Trinajstić information content (AvgIpc) is 3.19. The number of carbonyl (C=O) groups is 1. The molecule has 4 N–H and O–H groups in total. The lowest BCUT2D eigenvalue weighted by molar-refractivity contribution is 0.0942. The number of rotatable bonds is 4. The molecule has 0 aliphatic heterocycles. The van der Waals surface area contributed by atoms with Crippen molar-refractivity contribution in [3.05, 3.63) is 35.4 Å². The number of aryl methyl sites for hydroxylation is 1. The Morgan fingerprint density at radius 3 is 2.72 bits per heavy atom. The van der Waals surface area contributed by atoms with E-state index in [2.05, 4.69) is 10.5 Å². The van der Waals surface area contributed by atoms with E-state index in [0.717, 1.165) is 18.4 Å². The van der Waals surface area contributed by atoms with Crippen molar-refractivity contribution in [3.63, 3.8) is 0 Å². The summed E-state index contributed by atoms with van der Waals surface area (Å²) >= 11 is 0. The van der Waals surface area contributed by atoms with Crippen LogP contribution in [0.25, 0.3) is 0 Å². The standard InChI is InChI=1S/C13H17N3O2/c1-8-4-2-3-5-10(8)13(17)15-11(9-6-7-9)12(14)16-18/h2-5,9,11,18H,6-7H2,1H3,(H2,14,16)(H,15,17). The summed E-state index contributed by atoms with van der Waals surface area (Å²) in [5, 5.41) is 14.6. The fourth-order valence-corrected chi connectivity index (χ4v) is 1.97. The Labute approximate surface area is 106 Å². The van der Waals surface area contributed by atoms with Gasteiger partial charge in [0.2, 0.25) is 0 Å². The van der Waals surface area contributed by atoms with Crippen LogP contribution in [0.4, 0.5) is 0 Å². The SMILES string of the molecule is Cc1ccccc1C(=O)NC(C(N)=NO)C1CC1. The second kappa shape index (κ2) is 5.08. The summed E-state index contributed by atoms with van der Waals surface area (Å²) in [6, 6.07) is 6.97. The molecule has 5 nitrogen and oxygen atoms in total. The summed E-state index contributed by atoms with van der Waals surface area (Å²) < 4.78 is 0. The number of nitrogens with two attached hydrogens (primary N) is 1. The van der Waals surface area contributed by atoms with Crippen molar-refractivity contribution >= 4 is 11.7 Å². The number of nitrogens with one attached hydrogen (secondary N) is 1. The monoisotopic (exact) mass is 247 g/mol. The molecule has 0 spiro atoms. The second-order valence-corrected chi connectivity index (χ2v) is 4.63. The predicted molar refractivity (Wildman–Crippen MR) is 68.6 cm³/mol. The van der Waals surface area contributed by atoms with Gasteiger partial charge in [-0.15, -0.1) is 0 Å². The van der Waals surface area contributed by atoms with E-state index < -0.39 is 0 Å². The van der Waals surface area contributed by atoms with Crippen molar-refractivity contribution in [3.8, 4) is 0 Å². The third-order valence-corrected chi connectivity index (χ3v) is 3.20. The molecular formula is C13H17N3O2. The van der Waals surface area contributed by atoms with Gasteiger partial charge in [-0.3, -0.25) is 4.79 Å². The number of amides is 1. The molecule has 0 heterocycles. The van der Waals surface area contributed by atoms with Crippen LogP contribution < -0.4 is 11.1 Å². The number of hydrogen-bond donors (Lipinski definition) is 3. The fraction of sp³-hybridized carbons (Fsp3) is 0.385. The Balaban J connectivity index is 2.12. The first kappa shape index (κ1) is 12.4. The van der Waals surface area contributed by atoms with E-state index in [1.807, 2.05) is 25.1 Å². The molecule has 0 bridgehead atoms. The zero-order valence-electron chi connectivity index (χ0n) is 10.3. The molecule has 1 amide bonds. The van der Waals surface area contributed by atoms with Crippen LogP contribution in [-0.4, -0.2) is 23.0 Å². The molecule has 1 atom stereocenters. The Morgan fingerprint density at radius 1 is 1.50 bits per heavy atom. The summed E-state index contributed by atoms with van der Waals surface area (Å²) in [4.78, 5) is 12.1. The molecule has 0 radical (unpaired) electrons. The molecule has 2 rings (SSSR count). The van der Waals surface area contributed by atoms with Crippen LogP contribution in [0.15, 0.2) is 29.4 Å². The zero-order valence-corrected chi connectivity index (χ0v) is 10.3. The molecule has 1 unspecified atom stereocenters. The molecule has 1 aromatic carbocycles. The number of benzene rings is 1. The van der Waals surface area contributed by atoms with Crippen LogP contribution in [0.1, 0.15) is 28.8 Å². The van der Waals surface area contributed by atoms with Gasteiger partial charge in [0.1, 0.15) is 0 Å². The van der Waals surface area contributed by atoms with E-state index in [9.17, 15) is 4.79 Å². The highest BCUT2D eigenvalue weighted by Crippen LogP contribution is 2.32. The van der Waals surface area contributed by atoms with Crippen LogP contribution in [-0.2, 0) is 0 Å². The van der Waals surface area contributed by atoms with Gasteiger partial charge < -0.3 is 16.3 Å². The highest BCUT2D eigenvalue weighted by molar-refractivity contribution is 5.99. The van der Waals surface area contributed by atoms with E-state index in [1.54, 1.807) is 6.07 Å². The van der Waals surface area contributed by atoms with Crippen molar-refractivity contribution in [1.82, 2.24) is 5.32 Å². The molecule has 0 saturated heterocycles. The van der Waals surface area contributed by atoms with Crippen LogP contribution >= 0.6 is 0 Å². The third-order valence-electron chi connectivity index (χ3n) is 3.20. The number of nitrogens with zero attached hydrogens (tertiary/aromatic N) is 1. The maximum atomic E-state index is 12.1. The smallest absolute Gasteiger partial charge is 0.252 e. The molecule has 0 aromatic heterocycles. The summed E-state index contributed by atoms with van der Waals surface area (Å²) in [6.45, 7) is 1.88. The lowest BCUT2D eigenvalue weighted by Gasteiger charge is -2.17. The molecule has 96 valence electrons. The maximum Gasteiger partial charge on any atom is 0.252 e. The van der Waals surface area contributed by atoms with Crippen molar-refractivity contribution < 1.29 is 10.0 Å². The molecular weight excluding hydrogens is 230 g/mol. The van der Waals surface area contributed by atoms with Crippen LogP contribution in [0.3, 0.4) is 0 Å². The lowest BCUT2D eigenvalue weighted by atomic mass is 10.1. The summed E-state index contributed by atoms with van der Waals surface area (Å²) in [5.74, 6) is 0.171. The molecule has 1 aliphatic carbocycles. The lowest BCUT2D eigenvalue weighted by Crippen LogP contribution is -2.46. The first-order chi connectivity index (χ1) is 8.63. The minimum atomic E-state index is -0.373. The van der Waals surface area contributed by atoms with Gasteiger partial charge in [-0.1, -0.05) is 23.4 Å². The summed E-state index contributed by atoms with van der Waals surface area (Å²) in [7, 11) is 0. The van der Waals surface area contributed by atoms with Crippen molar-refractivity contribution in [2.75, 3.05) is 0 Å². The van der Waals surface area contributed by atoms with E-state index in [1.165, 1.54) is 0 Å². The normalized spacial score (nSPS) is 17.3. The van der Waals surface area contributed by atoms with Gasteiger partial charge in [0, 0.05) is 5.56 Å². The number of hydrogen-bond acceptors (Lipinski definition) is 3. The fourth-order valence-electron chi connectivity index (χ4n) is 1.97. The minimum Gasteiger partial charge on any atom is -0.409 e. The van der Waals surface area contributed by atoms with E-state index >= 15 is 0 Å². The zero-order chi connectivity index (χ0) is 13.1. The number of oxime groups is 1. The minimum absolute atomic E-state index is 0.0689.